The number of piperazine rings is 1. The minimum absolute atomic E-state index is 0.137. The Balaban J connectivity index is 1.51. The molecule has 0 aromatic heterocycles. The van der Waals surface area contributed by atoms with Crippen molar-refractivity contribution in [2.75, 3.05) is 31.6 Å². The number of urea groups is 1. The Kier molecular flexibility index (Phi) is 7.31. The van der Waals surface area contributed by atoms with Crippen LogP contribution in [0.15, 0.2) is 24.3 Å². The second kappa shape index (κ2) is 9.93. The topological polar surface area (TPSA) is 91.0 Å². The van der Waals surface area contributed by atoms with Crippen molar-refractivity contribution in [3.05, 3.63) is 29.8 Å². The van der Waals surface area contributed by atoms with Gasteiger partial charge in [-0.3, -0.25) is 15.0 Å². The highest BCUT2D eigenvalue weighted by molar-refractivity contribution is 5.97. The van der Waals surface area contributed by atoms with E-state index < -0.39 is 12.1 Å². The second-order valence-corrected chi connectivity index (χ2v) is 8.19. The fourth-order valence-electron chi connectivity index (χ4n) is 4.37. The van der Waals surface area contributed by atoms with Crippen LogP contribution in [0, 0.1) is 0 Å². The number of carbonyl (C=O) groups excluding carboxylic acids is 3. The third-order valence-corrected chi connectivity index (χ3v) is 6.14. The zero-order chi connectivity index (χ0) is 21.7. The van der Waals surface area contributed by atoms with E-state index in [1.807, 2.05) is 19.1 Å². The van der Waals surface area contributed by atoms with Crippen molar-refractivity contribution >= 4 is 23.6 Å². The Bertz CT molecular complexity index is 761. The molecule has 0 radical (unpaired) electrons. The average molecular weight is 417 g/mol. The SMILES string of the molecule is COC(=O)c1ccc(N2CCN(C(C)C(=O)NC(=O)NC3CCCC3)C(C)C2)cc1. The first kappa shape index (κ1) is 22.1. The number of hydrogen-bond acceptors (Lipinski definition) is 6. The normalized spacial score (nSPS) is 21.2. The quantitative estimate of drug-likeness (QED) is 0.715. The first-order valence-electron chi connectivity index (χ1n) is 10.7. The van der Waals surface area contributed by atoms with E-state index in [0.717, 1.165) is 44.5 Å². The molecule has 0 bridgehead atoms. The summed E-state index contributed by atoms with van der Waals surface area (Å²) in [6.45, 7) is 6.14. The van der Waals surface area contributed by atoms with Crippen molar-refractivity contribution in [2.24, 2.45) is 0 Å². The van der Waals surface area contributed by atoms with E-state index in [4.69, 9.17) is 4.74 Å². The van der Waals surface area contributed by atoms with Crippen LogP contribution in [0.25, 0.3) is 0 Å². The molecule has 1 saturated heterocycles. The standard InChI is InChI=1S/C22H32N4O4/c1-15-14-25(19-10-8-17(9-11-19)21(28)30-3)12-13-26(15)16(2)20(27)24-22(29)23-18-6-4-5-7-18/h8-11,15-16,18H,4-7,12-14H2,1-3H3,(H2,23,24,27,29). The van der Waals surface area contributed by atoms with Crippen LogP contribution >= 0.6 is 0 Å². The van der Waals surface area contributed by atoms with Gasteiger partial charge in [0.1, 0.15) is 0 Å². The molecule has 3 amide bonds. The van der Waals surface area contributed by atoms with Crippen molar-refractivity contribution in [1.29, 1.82) is 0 Å². The Labute approximate surface area is 177 Å². The van der Waals surface area contributed by atoms with Crippen molar-refractivity contribution in [3.63, 3.8) is 0 Å². The molecule has 1 aromatic rings. The van der Waals surface area contributed by atoms with Crippen LogP contribution in [0.3, 0.4) is 0 Å². The number of imide groups is 1. The van der Waals surface area contributed by atoms with Gasteiger partial charge in [-0.2, -0.15) is 0 Å². The molecule has 2 N–H and O–H groups in total. The number of nitrogens with one attached hydrogen (secondary N) is 2. The lowest BCUT2D eigenvalue weighted by Crippen LogP contribution is -2.59. The molecule has 2 aliphatic rings. The number of benzene rings is 1. The Morgan fingerprint density at radius 1 is 1.10 bits per heavy atom. The van der Waals surface area contributed by atoms with Crippen molar-refractivity contribution in [2.45, 2.75) is 57.7 Å². The maximum absolute atomic E-state index is 12.6. The van der Waals surface area contributed by atoms with Gasteiger partial charge in [0, 0.05) is 37.4 Å². The van der Waals surface area contributed by atoms with Crippen LogP contribution in [-0.2, 0) is 9.53 Å². The molecule has 1 aliphatic heterocycles. The van der Waals surface area contributed by atoms with Crippen LogP contribution in [0.2, 0.25) is 0 Å². The fourth-order valence-corrected chi connectivity index (χ4v) is 4.37. The number of amides is 3. The van der Waals surface area contributed by atoms with Gasteiger partial charge in [-0.05, 0) is 51.0 Å². The minimum Gasteiger partial charge on any atom is -0.465 e. The Morgan fingerprint density at radius 2 is 1.77 bits per heavy atom. The van der Waals surface area contributed by atoms with Gasteiger partial charge in [0.2, 0.25) is 5.91 Å². The van der Waals surface area contributed by atoms with Crippen LogP contribution in [-0.4, -0.2) is 67.7 Å². The first-order valence-corrected chi connectivity index (χ1v) is 10.7. The number of esters is 1. The fraction of sp³-hybridized carbons (Fsp3) is 0.591. The third-order valence-electron chi connectivity index (χ3n) is 6.14. The summed E-state index contributed by atoms with van der Waals surface area (Å²) in [5.41, 5.74) is 1.55. The van der Waals surface area contributed by atoms with Crippen molar-refractivity contribution in [1.82, 2.24) is 15.5 Å². The number of ether oxygens (including phenoxy) is 1. The van der Waals surface area contributed by atoms with Gasteiger partial charge in [0.05, 0.1) is 18.7 Å². The van der Waals surface area contributed by atoms with E-state index in [1.54, 1.807) is 12.1 Å². The lowest BCUT2D eigenvalue weighted by Gasteiger charge is -2.43. The predicted molar refractivity (Wildman–Crippen MR) is 115 cm³/mol. The van der Waals surface area contributed by atoms with Gasteiger partial charge in [0.25, 0.3) is 0 Å². The van der Waals surface area contributed by atoms with Crippen molar-refractivity contribution < 1.29 is 19.1 Å². The number of methoxy groups -OCH3 is 1. The van der Waals surface area contributed by atoms with Gasteiger partial charge < -0.3 is 15.0 Å². The highest BCUT2D eigenvalue weighted by Gasteiger charge is 2.31. The number of carbonyl (C=O) groups is 3. The van der Waals surface area contributed by atoms with E-state index in [-0.39, 0.29) is 24.0 Å². The molecule has 8 nitrogen and oxygen atoms in total. The van der Waals surface area contributed by atoms with Crippen LogP contribution in [0.1, 0.15) is 49.9 Å². The number of anilines is 1. The molecule has 164 valence electrons. The van der Waals surface area contributed by atoms with E-state index >= 15 is 0 Å². The first-order chi connectivity index (χ1) is 14.4. The monoisotopic (exact) mass is 416 g/mol. The summed E-state index contributed by atoms with van der Waals surface area (Å²) < 4.78 is 4.74. The zero-order valence-corrected chi connectivity index (χ0v) is 18.0. The molecule has 1 heterocycles. The smallest absolute Gasteiger partial charge is 0.337 e. The number of rotatable bonds is 5. The average Bonchev–Trinajstić information content (AvgIpc) is 3.25. The van der Waals surface area contributed by atoms with Crippen LogP contribution < -0.4 is 15.5 Å². The summed E-state index contributed by atoms with van der Waals surface area (Å²) in [5, 5.41) is 5.40. The van der Waals surface area contributed by atoms with E-state index in [2.05, 4.69) is 27.4 Å². The van der Waals surface area contributed by atoms with Crippen LogP contribution in [0.4, 0.5) is 10.5 Å². The summed E-state index contributed by atoms with van der Waals surface area (Å²) in [5.74, 6) is -0.621. The Hall–Kier alpha value is -2.61. The molecular formula is C22H32N4O4. The molecule has 3 rings (SSSR count). The molecule has 1 aliphatic carbocycles. The molecule has 2 unspecified atom stereocenters. The Morgan fingerprint density at radius 3 is 2.37 bits per heavy atom. The second-order valence-electron chi connectivity index (χ2n) is 8.19. The maximum Gasteiger partial charge on any atom is 0.337 e. The molecule has 1 aromatic carbocycles. The summed E-state index contributed by atoms with van der Waals surface area (Å²) in [4.78, 5) is 40.6. The third kappa shape index (κ3) is 5.30. The van der Waals surface area contributed by atoms with Crippen LogP contribution in [0.5, 0.6) is 0 Å². The summed E-state index contributed by atoms with van der Waals surface area (Å²) in [6.07, 6.45) is 4.22. The number of hydrogen-bond donors (Lipinski definition) is 2. The highest BCUT2D eigenvalue weighted by Crippen LogP contribution is 2.22. The van der Waals surface area contributed by atoms with E-state index in [0.29, 0.717) is 12.1 Å². The predicted octanol–water partition coefficient (Wildman–Crippen LogP) is 2.14. The van der Waals surface area contributed by atoms with Gasteiger partial charge >= 0.3 is 12.0 Å². The molecule has 2 atom stereocenters. The minimum atomic E-state index is -0.393. The summed E-state index contributed by atoms with van der Waals surface area (Å²) in [6, 6.07) is 6.89. The van der Waals surface area contributed by atoms with Gasteiger partial charge in [-0.1, -0.05) is 12.8 Å². The van der Waals surface area contributed by atoms with Gasteiger partial charge in [-0.15, -0.1) is 0 Å². The van der Waals surface area contributed by atoms with Gasteiger partial charge in [0.15, 0.2) is 0 Å². The van der Waals surface area contributed by atoms with Crippen molar-refractivity contribution in [3.8, 4) is 0 Å². The number of nitrogens with zero attached hydrogens (tertiary/aromatic N) is 2. The summed E-state index contributed by atoms with van der Waals surface area (Å²) >= 11 is 0. The molecule has 2 fully saturated rings. The molecule has 0 spiro atoms. The largest absolute Gasteiger partial charge is 0.465 e. The van der Waals surface area contributed by atoms with E-state index in [9.17, 15) is 14.4 Å². The zero-order valence-electron chi connectivity index (χ0n) is 18.0. The lowest BCUT2D eigenvalue weighted by molar-refractivity contribution is -0.125. The molecule has 8 heteroatoms. The molecule has 30 heavy (non-hydrogen) atoms. The molecular weight excluding hydrogens is 384 g/mol. The van der Waals surface area contributed by atoms with Gasteiger partial charge in [-0.25, -0.2) is 9.59 Å². The van der Waals surface area contributed by atoms with E-state index in [1.165, 1.54) is 7.11 Å². The lowest BCUT2D eigenvalue weighted by atomic mass is 10.1. The summed E-state index contributed by atoms with van der Waals surface area (Å²) in [7, 11) is 1.37. The maximum atomic E-state index is 12.6. The molecule has 1 saturated carbocycles. The highest BCUT2D eigenvalue weighted by atomic mass is 16.5.